The van der Waals surface area contributed by atoms with E-state index in [1.807, 2.05) is 23.9 Å². The van der Waals surface area contributed by atoms with E-state index < -0.39 is 0 Å². The summed E-state index contributed by atoms with van der Waals surface area (Å²) in [6.45, 7) is 0. The highest BCUT2D eigenvalue weighted by atomic mass is 35.5. The van der Waals surface area contributed by atoms with Crippen molar-refractivity contribution in [1.82, 2.24) is 4.98 Å². The summed E-state index contributed by atoms with van der Waals surface area (Å²) in [5, 5.41) is 4.37. The number of anilines is 3. The van der Waals surface area contributed by atoms with E-state index >= 15 is 0 Å². The third-order valence-corrected chi connectivity index (χ3v) is 7.16. The molecule has 0 spiro atoms. The fraction of sp³-hybridized carbons (Fsp3) is 0.200. The van der Waals surface area contributed by atoms with Gasteiger partial charge in [0.05, 0.1) is 15.6 Å². The normalized spacial score (nSPS) is 13.5. The molecule has 4 nitrogen and oxygen atoms in total. The quantitative estimate of drug-likeness (QED) is 0.317. The number of rotatable bonds is 7. The molecule has 1 fully saturated rings. The van der Waals surface area contributed by atoms with Gasteiger partial charge in [-0.05, 0) is 49.1 Å². The molecule has 0 radical (unpaired) electrons. The fourth-order valence-corrected chi connectivity index (χ4v) is 5.23. The van der Waals surface area contributed by atoms with Gasteiger partial charge < -0.3 is 11.1 Å². The average Bonchev–Trinajstić information content (AvgIpc) is 3.42. The summed E-state index contributed by atoms with van der Waals surface area (Å²) in [4.78, 5) is 18.7. The zero-order chi connectivity index (χ0) is 19.7. The lowest BCUT2D eigenvalue weighted by Gasteiger charge is -2.05. The molecular formula is C20H17Cl2N3OS2. The lowest BCUT2D eigenvalue weighted by atomic mass is 10.1. The van der Waals surface area contributed by atoms with Crippen LogP contribution in [-0.2, 0) is 0 Å². The number of nitrogens with zero attached hydrogens (tertiary/aromatic N) is 1. The van der Waals surface area contributed by atoms with Crippen molar-refractivity contribution >= 4 is 68.7 Å². The Bertz CT molecular complexity index is 1010. The Hall–Kier alpha value is -1.73. The second-order valence-electron chi connectivity index (χ2n) is 6.57. The van der Waals surface area contributed by atoms with Crippen molar-refractivity contribution < 1.29 is 4.79 Å². The van der Waals surface area contributed by atoms with Gasteiger partial charge in [-0.25, -0.2) is 4.98 Å². The first kappa shape index (κ1) is 19.6. The van der Waals surface area contributed by atoms with Crippen LogP contribution < -0.4 is 11.1 Å². The van der Waals surface area contributed by atoms with Gasteiger partial charge in [0, 0.05) is 16.3 Å². The SMILES string of the molecule is Nc1nc(Nc2cccc(SCC3CC3)c2)sc1C(=O)c1c(Cl)cccc1Cl. The molecule has 4 rings (SSSR count). The number of carbonyl (C=O) groups excluding carboxylic acids is 1. The van der Waals surface area contributed by atoms with E-state index in [-0.39, 0.29) is 17.2 Å². The topological polar surface area (TPSA) is 68.0 Å². The zero-order valence-corrected chi connectivity index (χ0v) is 17.9. The Kier molecular flexibility index (Phi) is 5.83. The van der Waals surface area contributed by atoms with Gasteiger partial charge >= 0.3 is 0 Å². The van der Waals surface area contributed by atoms with E-state index in [2.05, 4.69) is 22.4 Å². The second-order valence-corrected chi connectivity index (χ2v) is 9.47. The number of hydrogen-bond acceptors (Lipinski definition) is 6. The summed E-state index contributed by atoms with van der Waals surface area (Å²) < 4.78 is 0. The van der Waals surface area contributed by atoms with Crippen molar-refractivity contribution in [3.63, 3.8) is 0 Å². The molecule has 1 aliphatic carbocycles. The summed E-state index contributed by atoms with van der Waals surface area (Å²) in [6, 6.07) is 13.1. The number of thioether (sulfide) groups is 1. The maximum Gasteiger partial charge on any atom is 0.209 e. The van der Waals surface area contributed by atoms with Crippen molar-refractivity contribution in [3.05, 3.63) is 63.0 Å². The first-order chi connectivity index (χ1) is 13.5. The van der Waals surface area contributed by atoms with E-state index in [9.17, 15) is 4.79 Å². The van der Waals surface area contributed by atoms with Crippen LogP contribution in [-0.4, -0.2) is 16.5 Å². The highest BCUT2D eigenvalue weighted by molar-refractivity contribution is 7.99. The van der Waals surface area contributed by atoms with Crippen LogP contribution >= 0.6 is 46.3 Å². The summed E-state index contributed by atoms with van der Waals surface area (Å²) >= 11 is 15.4. The predicted molar refractivity (Wildman–Crippen MR) is 120 cm³/mol. The molecule has 2 aromatic carbocycles. The van der Waals surface area contributed by atoms with Gasteiger partial charge in [-0.3, -0.25) is 4.79 Å². The monoisotopic (exact) mass is 449 g/mol. The number of nitrogen functional groups attached to an aromatic ring is 1. The van der Waals surface area contributed by atoms with Crippen LogP contribution in [0, 0.1) is 5.92 Å². The molecule has 0 aliphatic heterocycles. The maximum atomic E-state index is 12.9. The third kappa shape index (κ3) is 4.46. The summed E-state index contributed by atoms with van der Waals surface area (Å²) in [5.41, 5.74) is 7.15. The third-order valence-electron chi connectivity index (χ3n) is 4.32. The molecule has 28 heavy (non-hydrogen) atoms. The molecule has 1 aliphatic rings. The number of carbonyl (C=O) groups is 1. The van der Waals surface area contributed by atoms with Gasteiger partial charge in [0.15, 0.2) is 5.13 Å². The minimum Gasteiger partial charge on any atom is -0.382 e. The fourth-order valence-electron chi connectivity index (χ4n) is 2.66. The van der Waals surface area contributed by atoms with Gasteiger partial charge in [0.25, 0.3) is 0 Å². The van der Waals surface area contributed by atoms with Gasteiger partial charge in [0.1, 0.15) is 10.7 Å². The zero-order valence-electron chi connectivity index (χ0n) is 14.7. The van der Waals surface area contributed by atoms with Crippen LogP contribution in [0.2, 0.25) is 10.0 Å². The van der Waals surface area contributed by atoms with Crippen LogP contribution in [0.1, 0.15) is 28.1 Å². The Balaban J connectivity index is 1.53. The smallest absolute Gasteiger partial charge is 0.209 e. The lowest BCUT2D eigenvalue weighted by Crippen LogP contribution is -2.04. The average molecular weight is 450 g/mol. The highest BCUT2D eigenvalue weighted by Crippen LogP contribution is 2.37. The van der Waals surface area contributed by atoms with Crippen molar-refractivity contribution in [2.75, 3.05) is 16.8 Å². The Morgan fingerprint density at radius 1 is 1.21 bits per heavy atom. The first-order valence-corrected chi connectivity index (χ1v) is 11.3. The van der Waals surface area contributed by atoms with Crippen molar-refractivity contribution in [2.24, 2.45) is 5.92 Å². The molecule has 1 saturated carbocycles. The number of hydrogen-bond donors (Lipinski definition) is 2. The van der Waals surface area contributed by atoms with Crippen molar-refractivity contribution in [1.29, 1.82) is 0 Å². The number of ketones is 1. The summed E-state index contributed by atoms with van der Waals surface area (Å²) in [7, 11) is 0. The molecular weight excluding hydrogens is 433 g/mol. The Morgan fingerprint density at radius 3 is 2.64 bits per heavy atom. The number of aromatic nitrogens is 1. The molecule has 0 atom stereocenters. The Labute approximate surface area is 181 Å². The molecule has 1 aromatic heterocycles. The highest BCUT2D eigenvalue weighted by Gasteiger charge is 2.23. The second kappa shape index (κ2) is 8.33. The van der Waals surface area contributed by atoms with Crippen LogP contribution in [0.3, 0.4) is 0 Å². The molecule has 0 bridgehead atoms. The van der Waals surface area contributed by atoms with Crippen LogP contribution in [0.25, 0.3) is 0 Å². The first-order valence-electron chi connectivity index (χ1n) is 8.76. The van der Waals surface area contributed by atoms with E-state index in [0.717, 1.165) is 17.4 Å². The standard InChI is InChI=1S/C20H17Cl2N3OS2/c21-14-5-2-6-15(22)16(14)17(26)18-19(23)25-20(28-18)24-12-3-1-4-13(9-12)27-10-11-7-8-11/h1-6,9,11H,7-8,10,23H2,(H,24,25). The van der Waals surface area contributed by atoms with E-state index in [4.69, 9.17) is 28.9 Å². The summed E-state index contributed by atoms with van der Waals surface area (Å²) in [5.74, 6) is 1.86. The molecule has 3 aromatic rings. The van der Waals surface area contributed by atoms with Crippen LogP contribution in [0.4, 0.5) is 16.6 Å². The molecule has 0 amide bonds. The maximum absolute atomic E-state index is 12.9. The van der Waals surface area contributed by atoms with Crippen molar-refractivity contribution in [2.45, 2.75) is 17.7 Å². The van der Waals surface area contributed by atoms with E-state index in [0.29, 0.717) is 20.1 Å². The Morgan fingerprint density at radius 2 is 1.93 bits per heavy atom. The van der Waals surface area contributed by atoms with Crippen molar-refractivity contribution in [3.8, 4) is 0 Å². The molecule has 3 N–H and O–H groups in total. The molecule has 0 saturated heterocycles. The minimum atomic E-state index is -0.326. The summed E-state index contributed by atoms with van der Waals surface area (Å²) in [6.07, 6.45) is 2.69. The lowest BCUT2D eigenvalue weighted by molar-refractivity contribution is 0.104. The molecule has 8 heteroatoms. The number of thiazole rings is 1. The predicted octanol–water partition coefficient (Wildman–Crippen LogP) is 6.51. The van der Waals surface area contributed by atoms with E-state index in [1.165, 1.54) is 29.1 Å². The van der Waals surface area contributed by atoms with E-state index in [1.54, 1.807) is 18.2 Å². The number of benzene rings is 2. The number of halogens is 2. The van der Waals surface area contributed by atoms with Gasteiger partial charge in [-0.1, -0.05) is 46.7 Å². The minimum absolute atomic E-state index is 0.160. The van der Waals surface area contributed by atoms with Gasteiger partial charge in [0.2, 0.25) is 5.78 Å². The number of nitrogens with one attached hydrogen (secondary N) is 1. The molecule has 1 heterocycles. The largest absolute Gasteiger partial charge is 0.382 e. The molecule has 0 unspecified atom stereocenters. The molecule has 144 valence electrons. The van der Waals surface area contributed by atoms with Gasteiger partial charge in [-0.15, -0.1) is 11.8 Å². The number of nitrogens with two attached hydrogens (primary N) is 1. The van der Waals surface area contributed by atoms with Gasteiger partial charge in [-0.2, -0.15) is 0 Å². The van der Waals surface area contributed by atoms with Crippen LogP contribution in [0.5, 0.6) is 0 Å². The van der Waals surface area contributed by atoms with Crippen LogP contribution in [0.15, 0.2) is 47.4 Å².